The third kappa shape index (κ3) is 4.02. The highest BCUT2D eigenvalue weighted by Gasteiger charge is 2.47. The Kier molecular flexibility index (Phi) is 5.29. The number of hydrogen-bond donors (Lipinski definition) is 2. The Morgan fingerprint density at radius 1 is 1.00 bits per heavy atom. The fourth-order valence-corrected chi connectivity index (χ4v) is 3.18. The standard InChI is InChI=1S/C18H17F2N3O4/c19-13-6-5-10(7-14(13)20)22-15(24)8-21-16(25)9-23-17(26)11-3-1-2-4-12(11)18(23)27/h1-2,5-7,11-12H,3-4,8-9H2,(H,21,25)(H,22,24)/t11-,12+. The number of carbonyl (C=O) groups excluding carboxylic acids is 4. The second-order valence-electron chi connectivity index (χ2n) is 6.37. The lowest BCUT2D eigenvalue weighted by molar-refractivity contribution is -0.143. The van der Waals surface area contributed by atoms with Gasteiger partial charge in [-0.2, -0.15) is 0 Å². The zero-order valence-electron chi connectivity index (χ0n) is 14.2. The van der Waals surface area contributed by atoms with Crippen molar-refractivity contribution in [1.29, 1.82) is 0 Å². The maximum atomic E-state index is 13.1. The molecule has 0 bridgehead atoms. The summed E-state index contributed by atoms with van der Waals surface area (Å²) in [7, 11) is 0. The van der Waals surface area contributed by atoms with Crippen LogP contribution in [0.5, 0.6) is 0 Å². The van der Waals surface area contributed by atoms with Crippen molar-refractivity contribution in [3.63, 3.8) is 0 Å². The number of likely N-dealkylation sites (tertiary alicyclic amines) is 1. The number of benzene rings is 1. The van der Waals surface area contributed by atoms with Crippen LogP contribution in [0.4, 0.5) is 14.5 Å². The van der Waals surface area contributed by atoms with Crippen LogP contribution in [0.25, 0.3) is 0 Å². The number of rotatable bonds is 5. The molecule has 2 aliphatic rings. The van der Waals surface area contributed by atoms with Gasteiger partial charge in [0.05, 0.1) is 18.4 Å². The summed E-state index contributed by atoms with van der Waals surface area (Å²) in [6.45, 7) is -0.897. The van der Waals surface area contributed by atoms with Crippen molar-refractivity contribution >= 4 is 29.3 Å². The molecule has 1 aromatic carbocycles. The first kappa shape index (κ1) is 18.7. The molecule has 0 radical (unpaired) electrons. The molecule has 0 aromatic heterocycles. The number of allylic oxidation sites excluding steroid dienone is 2. The lowest BCUT2D eigenvalue weighted by atomic mass is 9.85. The second kappa shape index (κ2) is 7.65. The van der Waals surface area contributed by atoms with Crippen molar-refractivity contribution in [2.24, 2.45) is 11.8 Å². The maximum absolute atomic E-state index is 13.1. The monoisotopic (exact) mass is 377 g/mol. The molecule has 1 aliphatic carbocycles. The van der Waals surface area contributed by atoms with Gasteiger partial charge in [-0.1, -0.05) is 12.2 Å². The average molecular weight is 377 g/mol. The van der Waals surface area contributed by atoms with Gasteiger partial charge in [-0.25, -0.2) is 8.78 Å². The number of fused-ring (bicyclic) bond motifs is 1. The van der Waals surface area contributed by atoms with E-state index in [0.29, 0.717) is 12.8 Å². The number of nitrogens with one attached hydrogen (secondary N) is 2. The Balaban J connectivity index is 1.49. The normalized spacial score (nSPS) is 21.2. The number of anilines is 1. The van der Waals surface area contributed by atoms with E-state index in [2.05, 4.69) is 10.6 Å². The largest absolute Gasteiger partial charge is 0.345 e. The molecule has 4 amide bonds. The van der Waals surface area contributed by atoms with Crippen molar-refractivity contribution in [2.75, 3.05) is 18.4 Å². The first-order valence-corrected chi connectivity index (χ1v) is 8.38. The fraction of sp³-hybridized carbons (Fsp3) is 0.333. The van der Waals surface area contributed by atoms with E-state index in [1.54, 1.807) is 0 Å². The predicted molar refractivity (Wildman–Crippen MR) is 90.1 cm³/mol. The highest BCUT2D eigenvalue weighted by atomic mass is 19.2. The first-order valence-electron chi connectivity index (χ1n) is 8.38. The van der Waals surface area contributed by atoms with Crippen LogP contribution in [-0.4, -0.2) is 41.6 Å². The average Bonchev–Trinajstić information content (AvgIpc) is 2.88. The molecule has 9 heteroatoms. The molecule has 0 saturated carbocycles. The summed E-state index contributed by atoms with van der Waals surface area (Å²) in [6.07, 6.45) is 4.64. The van der Waals surface area contributed by atoms with E-state index in [0.717, 1.165) is 17.0 Å². The van der Waals surface area contributed by atoms with Crippen LogP contribution in [0, 0.1) is 23.5 Å². The van der Waals surface area contributed by atoms with E-state index < -0.39 is 48.4 Å². The van der Waals surface area contributed by atoms with Gasteiger partial charge >= 0.3 is 0 Å². The lowest BCUT2D eigenvalue weighted by Gasteiger charge is -2.14. The molecular formula is C18H17F2N3O4. The number of carbonyl (C=O) groups is 4. The third-order valence-electron chi connectivity index (χ3n) is 4.55. The Bertz CT molecular complexity index is 814. The Morgan fingerprint density at radius 3 is 2.22 bits per heavy atom. The van der Waals surface area contributed by atoms with Gasteiger partial charge in [0.25, 0.3) is 0 Å². The molecule has 0 spiro atoms. The molecule has 0 unspecified atom stereocenters. The molecule has 3 rings (SSSR count). The first-order chi connectivity index (χ1) is 12.9. The van der Waals surface area contributed by atoms with Gasteiger partial charge in [0.2, 0.25) is 23.6 Å². The molecular weight excluding hydrogens is 360 g/mol. The molecule has 1 fully saturated rings. The fourth-order valence-electron chi connectivity index (χ4n) is 3.18. The summed E-state index contributed by atoms with van der Waals surface area (Å²) in [5.74, 6) is -5.09. The number of amides is 4. The van der Waals surface area contributed by atoms with Crippen LogP contribution in [-0.2, 0) is 19.2 Å². The Morgan fingerprint density at radius 2 is 1.63 bits per heavy atom. The number of nitrogens with zero attached hydrogens (tertiary/aromatic N) is 1. The van der Waals surface area contributed by atoms with E-state index in [-0.39, 0.29) is 17.5 Å². The van der Waals surface area contributed by atoms with Gasteiger partial charge in [-0.3, -0.25) is 24.1 Å². The molecule has 2 N–H and O–H groups in total. The summed E-state index contributed by atoms with van der Waals surface area (Å²) in [5.41, 5.74) is 0.0367. The van der Waals surface area contributed by atoms with E-state index in [1.807, 2.05) is 12.2 Å². The van der Waals surface area contributed by atoms with Crippen molar-refractivity contribution in [2.45, 2.75) is 12.8 Å². The van der Waals surface area contributed by atoms with Gasteiger partial charge in [0.15, 0.2) is 11.6 Å². The summed E-state index contributed by atoms with van der Waals surface area (Å²) < 4.78 is 25.9. The minimum absolute atomic E-state index is 0.0367. The third-order valence-corrected chi connectivity index (χ3v) is 4.55. The van der Waals surface area contributed by atoms with E-state index in [4.69, 9.17) is 0 Å². The molecule has 1 aliphatic heterocycles. The van der Waals surface area contributed by atoms with Crippen LogP contribution in [0.1, 0.15) is 12.8 Å². The molecule has 142 valence electrons. The van der Waals surface area contributed by atoms with Crippen molar-refractivity contribution in [3.8, 4) is 0 Å². The van der Waals surface area contributed by atoms with E-state index in [1.165, 1.54) is 6.07 Å². The summed E-state index contributed by atoms with van der Waals surface area (Å²) >= 11 is 0. The van der Waals surface area contributed by atoms with Gasteiger partial charge < -0.3 is 10.6 Å². The smallest absolute Gasteiger partial charge is 0.243 e. The zero-order valence-corrected chi connectivity index (χ0v) is 14.2. The Hall–Kier alpha value is -3.10. The molecule has 1 saturated heterocycles. The summed E-state index contributed by atoms with van der Waals surface area (Å²) in [6, 6.07) is 2.85. The van der Waals surface area contributed by atoms with Gasteiger partial charge in [-0.15, -0.1) is 0 Å². The topological polar surface area (TPSA) is 95.6 Å². The SMILES string of the molecule is O=C(CN1C(=O)[C@H]2CC=CC[C@H]2C1=O)NCC(=O)Nc1ccc(F)c(F)c1. The lowest BCUT2D eigenvalue weighted by Crippen LogP contribution is -2.43. The van der Waals surface area contributed by atoms with E-state index >= 15 is 0 Å². The molecule has 27 heavy (non-hydrogen) atoms. The quantitative estimate of drug-likeness (QED) is 0.590. The number of halogens is 2. The zero-order chi connectivity index (χ0) is 19.6. The van der Waals surface area contributed by atoms with Crippen LogP contribution >= 0.6 is 0 Å². The maximum Gasteiger partial charge on any atom is 0.243 e. The predicted octanol–water partition coefficient (Wildman–Crippen LogP) is 0.971. The van der Waals surface area contributed by atoms with Gasteiger partial charge in [0, 0.05) is 11.8 Å². The number of hydrogen-bond acceptors (Lipinski definition) is 4. The highest BCUT2D eigenvalue weighted by Crippen LogP contribution is 2.34. The molecule has 7 nitrogen and oxygen atoms in total. The molecule has 1 heterocycles. The number of imide groups is 1. The van der Waals surface area contributed by atoms with Crippen molar-refractivity contribution < 1.29 is 28.0 Å². The second-order valence-corrected chi connectivity index (χ2v) is 6.37. The highest BCUT2D eigenvalue weighted by molar-refractivity contribution is 6.07. The van der Waals surface area contributed by atoms with Gasteiger partial charge in [-0.05, 0) is 25.0 Å². The molecule has 1 aromatic rings. The summed E-state index contributed by atoms with van der Waals surface area (Å²) in [4.78, 5) is 49.2. The van der Waals surface area contributed by atoms with Crippen LogP contribution in [0.3, 0.4) is 0 Å². The van der Waals surface area contributed by atoms with Crippen LogP contribution in [0.2, 0.25) is 0 Å². The van der Waals surface area contributed by atoms with Crippen LogP contribution < -0.4 is 10.6 Å². The van der Waals surface area contributed by atoms with E-state index in [9.17, 15) is 28.0 Å². The minimum atomic E-state index is -1.11. The van der Waals surface area contributed by atoms with Crippen molar-refractivity contribution in [1.82, 2.24) is 10.2 Å². The summed E-state index contributed by atoms with van der Waals surface area (Å²) in [5, 5.41) is 4.60. The Labute approximate surface area is 153 Å². The van der Waals surface area contributed by atoms with Gasteiger partial charge in [0.1, 0.15) is 6.54 Å². The minimum Gasteiger partial charge on any atom is -0.345 e. The van der Waals surface area contributed by atoms with Crippen LogP contribution in [0.15, 0.2) is 30.4 Å². The van der Waals surface area contributed by atoms with Crippen molar-refractivity contribution in [3.05, 3.63) is 42.0 Å². The molecule has 2 atom stereocenters.